The van der Waals surface area contributed by atoms with E-state index in [0.29, 0.717) is 6.61 Å². The Morgan fingerprint density at radius 3 is 2.88 bits per heavy atom. The van der Waals surface area contributed by atoms with Gasteiger partial charge >= 0.3 is 0 Å². The van der Waals surface area contributed by atoms with E-state index in [1.807, 2.05) is 31.2 Å². The Balaban J connectivity index is 2.80. The Morgan fingerprint density at radius 1 is 1.56 bits per heavy atom. The number of benzene rings is 1. The lowest BCUT2D eigenvalue weighted by Gasteiger charge is -2.16. The summed E-state index contributed by atoms with van der Waals surface area (Å²) in [6, 6.07) is 7.28. The van der Waals surface area contributed by atoms with Crippen molar-refractivity contribution >= 4 is 11.5 Å². The fraction of sp³-hybridized carbons (Fsp3) is 0.364. The lowest BCUT2D eigenvalue weighted by atomic mass is 10.2. The average Bonchev–Trinajstić information content (AvgIpc) is 2.31. The summed E-state index contributed by atoms with van der Waals surface area (Å²) in [6.07, 6.45) is 0. The molecular weight excluding hydrogens is 206 g/mol. The summed E-state index contributed by atoms with van der Waals surface area (Å²) in [7, 11) is 0. The molecule has 0 aromatic heterocycles. The smallest absolute Gasteiger partial charge is 0.161 e. The monoisotopic (exact) mass is 223 g/mol. The van der Waals surface area contributed by atoms with Gasteiger partial charge in [-0.05, 0) is 26.0 Å². The molecule has 0 fully saturated rings. The van der Waals surface area contributed by atoms with Crippen molar-refractivity contribution < 1.29 is 9.94 Å². The summed E-state index contributed by atoms with van der Waals surface area (Å²) < 4.78 is 5.45. The van der Waals surface area contributed by atoms with Gasteiger partial charge in [-0.15, -0.1) is 0 Å². The van der Waals surface area contributed by atoms with Gasteiger partial charge in [-0.2, -0.15) is 0 Å². The van der Waals surface area contributed by atoms with Crippen LogP contribution in [0.1, 0.15) is 13.8 Å². The van der Waals surface area contributed by atoms with E-state index < -0.39 is 0 Å². The quantitative estimate of drug-likeness (QED) is 0.307. The number of hydrogen-bond donors (Lipinski definition) is 3. The number of para-hydroxylation sites is 2. The minimum atomic E-state index is -0.258. The Kier molecular flexibility index (Phi) is 4.44. The molecule has 1 atom stereocenters. The number of hydrogen-bond acceptors (Lipinski definition) is 4. The zero-order chi connectivity index (χ0) is 12.0. The SMILES string of the molecule is CCOc1ccccc1NC(C)C(N)=NO. The van der Waals surface area contributed by atoms with E-state index in [9.17, 15) is 0 Å². The summed E-state index contributed by atoms with van der Waals surface area (Å²) in [4.78, 5) is 0. The lowest BCUT2D eigenvalue weighted by Crippen LogP contribution is -2.33. The first-order chi connectivity index (χ1) is 7.69. The maximum absolute atomic E-state index is 8.55. The maximum atomic E-state index is 8.55. The Hall–Kier alpha value is -1.91. The van der Waals surface area contributed by atoms with Crippen molar-refractivity contribution in [1.82, 2.24) is 0 Å². The molecule has 0 radical (unpaired) electrons. The summed E-state index contributed by atoms with van der Waals surface area (Å²) in [6.45, 7) is 4.32. The third-order valence-electron chi connectivity index (χ3n) is 2.12. The van der Waals surface area contributed by atoms with Crippen LogP contribution in [0.25, 0.3) is 0 Å². The fourth-order valence-electron chi connectivity index (χ4n) is 1.26. The largest absolute Gasteiger partial charge is 0.492 e. The van der Waals surface area contributed by atoms with Gasteiger partial charge in [0.05, 0.1) is 18.3 Å². The van der Waals surface area contributed by atoms with E-state index in [2.05, 4.69) is 10.5 Å². The predicted octanol–water partition coefficient (Wildman–Crippen LogP) is 1.63. The minimum Gasteiger partial charge on any atom is -0.492 e. The van der Waals surface area contributed by atoms with Crippen LogP contribution in [0, 0.1) is 0 Å². The topological polar surface area (TPSA) is 79.9 Å². The molecule has 5 nitrogen and oxygen atoms in total. The highest BCUT2D eigenvalue weighted by atomic mass is 16.5. The van der Waals surface area contributed by atoms with Crippen LogP contribution in [0.2, 0.25) is 0 Å². The number of nitrogens with one attached hydrogen (secondary N) is 1. The zero-order valence-corrected chi connectivity index (χ0v) is 9.47. The molecule has 0 heterocycles. The second-order valence-corrected chi connectivity index (χ2v) is 3.32. The van der Waals surface area contributed by atoms with Gasteiger partial charge in [0.2, 0.25) is 0 Å². The van der Waals surface area contributed by atoms with Crippen molar-refractivity contribution in [3.05, 3.63) is 24.3 Å². The predicted molar refractivity (Wildman–Crippen MR) is 64.1 cm³/mol. The molecule has 16 heavy (non-hydrogen) atoms. The van der Waals surface area contributed by atoms with Crippen LogP contribution in [0.3, 0.4) is 0 Å². The highest BCUT2D eigenvalue weighted by Gasteiger charge is 2.09. The summed E-state index contributed by atoms with van der Waals surface area (Å²) in [5, 5.41) is 14.6. The van der Waals surface area contributed by atoms with E-state index in [1.165, 1.54) is 0 Å². The molecule has 0 aliphatic rings. The van der Waals surface area contributed by atoms with Crippen LogP contribution in [-0.2, 0) is 0 Å². The molecule has 5 heteroatoms. The average molecular weight is 223 g/mol. The van der Waals surface area contributed by atoms with Crippen LogP contribution < -0.4 is 15.8 Å². The number of nitrogens with two attached hydrogens (primary N) is 1. The van der Waals surface area contributed by atoms with Crippen molar-refractivity contribution in [2.45, 2.75) is 19.9 Å². The molecule has 1 aromatic rings. The molecule has 88 valence electrons. The summed E-state index contributed by atoms with van der Waals surface area (Å²) >= 11 is 0. The van der Waals surface area contributed by atoms with Gasteiger partial charge in [0.15, 0.2) is 5.84 Å². The maximum Gasteiger partial charge on any atom is 0.161 e. The van der Waals surface area contributed by atoms with Crippen LogP contribution in [0.5, 0.6) is 5.75 Å². The third-order valence-corrected chi connectivity index (χ3v) is 2.12. The normalized spacial score (nSPS) is 13.2. The molecule has 0 bridgehead atoms. The van der Waals surface area contributed by atoms with E-state index in [-0.39, 0.29) is 11.9 Å². The number of rotatable bonds is 5. The third kappa shape index (κ3) is 3.05. The van der Waals surface area contributed by atoms with E-state index in [0.717, 1.165) is 11.4 Å². The molecule has 0 aliphatic heterocycles. The van der Waals surface area contributed by atoms with Gasteiger partial charge in [-0.3, -0.25) is 0 Å². The fourth-order valence-corrected chi connectivity index (χ4v) is 1.26. The molecule has 1 aromatic carbocycles. The second-order valence-electron chi connectivity index (χ2n) is 3.32. The number of anilines is 1. The van der Waals surface area contributed by atoms with Crippen LogP contribution in [0.4, 0.5) is 5.69 Å². The highest BCUT2D eigenvalue weighted by molar-refractivity contribution is 5.87. The Bertz CT molecular complexity index is 366. The van der Waals surface area contributed by atoms with Crippen LogP contribution in [-0.4, -0.2) is 23.7 Å². The molecular formula is C11H17N3O2. The molecule has 0 spiro atoms. The van der Waals surface area contributed by atoms with Gasteiger partial charge < -0.3 is 21.0 Å². The first-order valence-electron chi connectivity index (χ1n) is 5.14. The molecule has 1 rings (SSSR count). The second kappa shape index (κ2) is 5.85. The van der Waals surface area contributed by atoms with Crippen LogP contribution >= 0.6 is 0 Å². The van der Waals surface area contributed by atoms with Crippen molar-refractivity contribution in [1.29, 1.82) is 0 Å². The summed E-state index contributed by atoms with van der Waals surface area (Å²) in [5.74, 6) is 0.883. The zero-order valence-electron chi connectivity index (χ0n) is 9.47. The first-order valence-corrected chi connectivity index (χ1v) is 5.14. The molecule has 0 saturated heterocycles. The molecule has 1 unspecified atom stereocenters. The van der Waals surface area contributed by atoms with Crippen molar-refractivity contribution in [2.75, 3.05) is 11.9 Å². The van der Waals surface area contributed by atoms with Gasteiger partial charge in [-0.25, -0.2) is 0 Å². The number of nitrogens with zero attached hydrogens (tertiary/aromatic N) is 1. The Labute approximate surface area is 94.9 Å². The van der Waals surface area contributed by atoms with Gasteiger partial charge in [0.1, 0.15) is 5.75 Å². The van der Waals surface area contributed by atoms with E-state index >= 15 is 0 Å². The molecule has 4 N–H and O–H groups in total. The van der Waals surface area contributed by atoms with Crippen molar-refractivity contribution in [3.63, 3.8) is 0 Å². The highest BCUT2D eigenvalue weighted by Crippen LogP contribution is 2.24. The van der Waals surface area contributed by atoms with Gasteiger partial charge in [0.25, 0.3) is 0 Å². The van der Waals surface area contributed by atoms with E-state index in [4.69, 9.17) is 15.7 Å². The summed E-state index contributed by atoms with van der Waals surface area (Å²) in [5.41, 5.74) is 6.31. The Morgan fingerprint density at radius 2 is 2.25 bits per heavy atom. The van der Waals surface area contributed by atoms with Crippen molar-refractivity contribution in [3.8, 4) is 5.75 Å². The first kappa shape index (κ1) is 12.2. The van der Waals surface area contributed by atoms with Gasteiger partial charge in [0, 0.05) is 0 Å². The standard InChI is InChI=1S/C11H17N3O2/c1-3-16-10-7-5-4-6-9(10)13-8(2)11(12)14-15/h4-8,13,15H,3H2,1-2H3,(H2,12,14). The van der Waals surface area contributed by atoms with Gasteiger partial charge in [-0.1, -0.05) is 17.3 Å². The number of oxime groups is 1. The number of amidine groups is 1. The minimum absolute atomic E-state index is 0.131. The molecule has 0 amide bonds. The van der Waals surface area contributed by atoms with Crippen molar-refractivity contribution in [2.24, 2.45) is 10.9 Å². The number of ether oxygens (including phenoxy) is 1. The van der Waals surface area contributed by atoms with Crippen LogP contribution in [0.15, 0.2) is 29.4 Å². The molecule has 0 aliphatic carbocycles. The lowest BCUT2D eigenvalue weighted by molar-refractivity contribution is 0.316. The van der Waals surface area contributed by atoms with E-state index in [1.54, 1.807) is 6.92 Å². The molecule has 0 saturated carbocycles.